The van der Waals surface area contributed by atoms with Gasteiger partial charge >= 0.3 is 0 Å². The minimum Gasteiger partial charge on any atom is -0.355 e. The number of carbonyl (C=O) groups is 2. The van der Waals surface area contributed by atoms with Crippen LogP contribution < -0.4 is 10.6 Å². The fourth-order valence-corrected chi connectivity index (χ4v) is 4.51. The Bertz CT molecular complexity index is 838. The Morgan fingerprint density at radius 3 is 2.62 bits per heavy atom. The summed E-state index contributed by atoms with van der Waals surface area (Å²) in [4.78, 5) is 28.6. The van der Waals surface area contributed by atoms with Crippen molar-refractivity contribution in [3.05, 3.63) is 33.8 Å². The molecule has 3 heterocycles. The van der Waals surface area contributed by atoms with E-state index >= 15 is 0 Å². The molecule has 29 heavy (non-hydrogen) atoms. The average Bonchev–Trinajstić information content (AvgIpc) is 3.31. The second-order valence-corrected chi connectivity index (χ2v) is 8.80. The monoisotopic (exact) mass is 417 g/mol. The zero-order valence-corrected chi connectivity index (χ0v) is 18.5. The summed E-state index contributed by atoms with van der Waals surface area (Å²) in [6, 6.07) is 3.89. The largest absolute Gasteiger partial charge is 0.355 e. The smallest absolute Gasteiger partial charge is 0.241 e. The molecule has 1 aliphatic rings. The molecule has 8 heteroatoms. The summed E-state index contributed by atoms with van der Waals surface area (Å²) in [7, 11) is 1.87. The summed E-state index contributed by atoms with van der Waals surface area (Å²) in [6.07, 6.45) is 2.45. The minimum atomic E-state index is -0.239. The van der Waals surface area contributed by atoms with Crippen molar-refractivity contribution >= 4 is 28.8 Å². The van der Waals surface area contributed by atoms with Gasteiger partial charge in [0, 0.05) is 24.4 Å². The van der Waals surface area contributed by atoms with Crippen molar-refractivity contribution in [3.63, 3.8) is 0 Å². The number of nitrogens with zero attached hydrogens (tertiary/aromatic N) is 3. The van der Waals surface area contributed by atoms with E-state index < -0.39 is 0 Å². The molecule has 1 aliphatic heterocycles. The van der Waals surface area contributed by atoms with Crippen LogP contribution in [0.1, 0.15) is 36.0 Å². The van der Waals surface area contributed by atoms with Gasteiger partial charge in [-0.25, -0.2) is 0 Å². The predicted octanol–water partition coefficient (Wildman–Crippen LogP) is 2.50. The Balaban J connectivity index is 1.44. The van der Waals surface area contributed by atoms with Crippen LogP contribution in [0.15, 0.2) is 17.5 Å². The maximum absolute atomic E-state index is 12.7. The van der Waals surface area contributed by atoms with E-state index in [9.17, 15) is 9.59 Å². The normalized spacial score (nSPS) is 16.6. The van der Waals surface area contributed by atoms with Gasteiger partial charge in [-0.2, -0.15) is 5.10 Å². The quantitative estimate of drug-likeness (QED) is 0.725. The molecule has 0 aromatic carbocycles. The van der Waals surface area contributed by atoms with E-state index in [1.165, 1.54) is 4.88 Å². The number of hydrogen-bond donors (Lipinski definition) is 2. The lowest BCUT2D eigenvalue weighted by Crippen LogP contribution is -2.48. The molecule has 7 nitrogen and oxygen atoms in total. The van der Waals surface area contributed by atoms with Crippen LogP contribution in [-0.4, -0.2) is 52.2 Å². The molecule has 158 valence electrons. The zero-order chi connectivity index (χ0) is 21.0. The number of thiophene rings is 1. The highest BCUT2D eigenvalue weighted by atomic mass is 32.1. The molecule has 2 aromatic heterocycles. The number of carbonyl (C=O) groups excluding carboxylic acids is 2. The fraction of sp³-hybridized carbons (Fsp3) is 0.571. The van der Waals surface area contributed by atoms with Crippen LogP contribution in [0.5, 0.6) is 0 Å². The van der Waals surface area contributed by atoms with Gasteiger partial charge in [-0.15, -0.1) is 11.3 Å². The third-order valence-electron chi connectivity index (χ3n) is 5.84. The Kier molecular flexibility index (Phi) is 7.08. The molecule has 3 rings (SSSR count). The van der Waals surface area contributed by atoms with Crippen LogP contribution in [0.25, 0.3) is 0 Å². The lowest BCUT2D eigenvalue weighted by atomic mass is 9.95. The summed E-state index contributed by atoms with van der Waals surface area (Å²) < 4.78 is 1.78. The first-order valence-electron chi connectivity index (χ1n) is 10.2. The highest BCUT2D eigenvalue weighted by Gasteiger charge is 2.30. The fourth-order valence-electron chi connectivity index (χ4n) is 3.80. The van der Waals surface area contributed by atoms with Gasteiger partial charge in [-0.3, -0.25) is 19.2 Å². The minimum absolute atomic E-state index is 0.0250. The van der Waals surface area contributed by atoms with Gasteiger partial charge in [0.2, 0.25) is 11.8 Å². The number of nitrogens with one attached hydrogen (secondary N) is 2. The van der Waals surface area contributed by atoms with E-state index in [-0.39, 0.29) is 23.8 Å². The highest BCUT2D eigenvalue weighted by molar-refractivity contribution is 7.09. The number of aryl methyl sites for hydroxylation is 2. The molecular weight excluding hydrogens is 386 g/mol. The summed E-state index contributed by atoms with van der Waals surface area (Å²) >= 11 is 1.72. The molecule has 0 spiro atoms. The summed E-state index contributed by atoms with van der Waals surface area (Å²) in [5.41, 5.74) is 2.56. The van der Waals surface area contributed by atoms with Gasteiger partial charge in [0.05, 0.1) is 23.1 Å². The third kappa shape index (κ3) is 5.25. The maximum atomic E-state index is 12.7. The molecule has 1 unspecified atom stereocenters. The second-order valence-electron chi connectivity index (χ2n) is 7.77. The van der Waals surface area contributed by atoms with Gasteiger partial charge in [0.15, 0.2) is 0 Å². The summed E-state index contributed by atoms with van der Waals surface area (Å²) in [5.74, 6) is 0.149. The van der Waals surface area contributed by atoms with Gasteiger partial charge in [0.25, 0.3) is 0 Å². The van der Waals surface area contributed by atoms with E-state index in [1.807, 2.05) is 33.9 Å². The van der Waals surface area contributed by atoms with E-state index in [2.05, 4.69) is 32.1 Å². The van der Waals surface area contributed by atoms with Crippen LogP contribution in [-0.2, 0) is 23.1 Å². The number of hydrogen-bond acceptors (Lipinski definition) is 5. The molecule has 2 N–H and O–H groups in total. The first kappa shape index (κ1) is 21.5. The van der Waals surface area contributed by atoms with E-state index in [1.54, 1.807) is 16.0 Å². The number of likely N-dealkylation sites (tertiary alicyclic amines) is 1. The molecule has 0 bridgehead atoms. The Hall–Kier alpha value is -2.19. The predicted molar refractivity (Wildman–Crippen MR) is 116 cm³/mol. The molecular formula is C21H31N5O2S. The van der Waals surface area contributed by atoms with E-state index in [0.29, 0.717) is 6.54 Å². The standard InChI is InChI=1S/C21H31N5O2S/c1-14-19(15(2)25(4)24-14)23-20(27)16(3)26-11-8-17(9-12-26)21(28)22-10-7-18-6-5-13-29-18/h5-6,13,16-17H,7-12H2,1-4H3,(H,22,28)(H,23,27). The van der Waals surface area contributed by atoms with Crippen molar-refractivity contribution in [2.75, 3.05) is 25.0 Å². The molecule has 1 saturated heterocycles. The lowest BCUT2D eigenvalue weighted by molar-refractivity contribution is -0.127. The van der Waals surface area contributed by atoms with Gasteiger partial charge in [-0.05, 0) is 64.6 Å². The number of piperidine rings is 1. The molecule has 0 radical (unpaired) electrons. The Morgan fingerprint density at radius 2 is 2.03 bits per heavy atom. The first-order chi connectivity index (χ1) is 13.9. The first-order valence-corrected chi connectivity index (χ1v) is 11.1. The molecule has 0 aliphatic carbocycles. The SMILES string of the molecule is Cc1nn(C)c(C)c1NC(=O)C(C)N1CCC(C(=O)NCCc2cccs2)CC1. The molecule has 2 aromatic rings. The van der Waals surface area contributed by atoms with Crippen molar-refractivity contribution in [2.24, 2.45) is 13.0 Å². The second kappa shape index (κ2) is 9.54. The number of anilines is 1. The van der Waals surface area contributed by atoms with E-state index in [4.69, 9.17) is 0 Å². The van der Waals surface area contributed by atoms with Crippen molar-refractivity contribution in [1.82, 2.24) is 20.0 Å². The maximum Gasteiger partial charge on any atom is 0.241 e. The van der Waals surface area contributed by atoms with Gasteiger partial charge in [-0.1, -0.05) is 6.07 Å². The van der Waals surface area contributed by atoms with Crippen LogP contribution in [0.2, 0.25) is 0 Å². The number of aromatic nitrogens is 2. The van der Waals surface area contributed by atoms with Crippen LogP contribution in [0.4, 0.5) is 5.69 Å². The van der Waals surface area contributed by atoms with Crippen LogP contribution >= 0.6 is 11.3 Å². The zero-order valence-electron chi connectivity index (χ0n) is 17.7. The van der Waals surface area contributed by atoms with Crippen molar-refractivity contribution in [1.29, 1.82) is 0 Å². The summed E-state index contributed by atoms with van der Waals surface area (Å²) in [6.45, 7) is 7.96. The summed E-state index contributed by atoms with van der Waals surface area (Å²) in [5, 5.41) is 12.5. The third-order valence-corrected chi connectivity index (χ3v) is 6.77. The van der Waals surface area contributed by atoms with Crippen molar-refractivity contribution < 1.29 is 9.59 Å². The number of amides is 2. The number of rotatable bonds is 7. The Morgan fingerprint density at radius 1 is 1.31 bits per heavy atom. The van der Waals surface area contributed by atoms with Crippen molar-refractivity contribution in [2.45, 2.75) is 46.1 Å². The van der Waals surface area contributed by atoms with Gasteiger partial charge < -0.3 is 10.6 Å². The van der Waals surface area contributed by atoms with Crippen molar-refractivity contribution in [3.8, 4) is 0 Å². The molecule has 1 atom stereocenters. The molecule has 2 amide bonds. The molecule has 1 fully saturated rings. The van der Waals surface area contributed by atoms with Crippen LogP contribution in [0, 0.1) is 19.8 Å². The average molecular weight is 418 g/mol. The lowest BCUT2D eigenvalue weighted by Gasteiger charge is -2.34. The highest BCUT2D eigenvalue weighted by Crippen LogP contribution is 2.22. The van der Waals surface area contributed by atoms with Crippen LogP contribution in [0.3, 0.4) is 0 Å². The Labute approximate surface area is 176 Å². The van der Waals surface area contributed by atoms with E-state index in [0.717, 1.165) is 49.4 Å². The molecule has 0 saturated carbocycles. The van der Waals surface area contributed by atoms with Gasteiger partial charge in [0.1, 0.15) is 0 Å². The topological polar surface area (TPSA) is 79.3 Å².